The first-order valence-electron chi connectivity index (χ1n) is 5.13. The molecular formula is C15H13N. The zero-order chi connectivity index (χ0) is 11.4. The second-order valence-corrected chi connectivity index (χ2v) is 3.53. The molecule has 0 radical (unpaired) electrons. The van der Waals surface area contributed by atoms with Crippen LogP contribution in [-0.4, -0.2) is 6.72 Å². The maximum absolute atomic E-state index is 3.87. The number of hydrogen-bond donors (Lipinski definition) is 0. The standard InChI is InChI=1S/C15H13N/c1-3-12-4-6-13(7-5-12)14-8-10-15(16-2)11-9-14/h3-11H,1-2H2. The van der Waals surface area contributed by atoms with E-state index in [0.717, 1.165) is 11.3 Å². The third kappa shape index (κ3) is 2.09. The van der Waals surface area contributed by atoms with E-state index in [1.807, 2.05) is 30.3 Å². The van der Waals surface area contributed by atoms with E-state index in [2.05, 4.69) is 42.6 Å². The monoisotopic (exact) mass is 207 g/mol. The molecule has 0 aliphatic rings. The SMILES string of the molecule is C=Cc1ccc(-c2ccc(N=C)cc2)cc1. The summed E-state index contributed by atoms with van der Waals surface area (Å²) in [5.74, 6) is 0. The van der Waals surface area contributed by atoms with E-state index in [1.165, 1.54) is 11.1 Å². The van der Waals surface area contributed by atoms with E-state index < -0.39 is 0 Å². The molecular weight excluding hydrogens is 194 g/mol. The van der Waals surface area contributed by atoms with Crippen LogP contribution in [-0.2, 0) is 0 Å². The Morgan fingerprint density at radius 3 is 1.75 bits per heavy atom. The summed E-state index contributed by atoms with van der Waals surface area (Å²) in [6, 6.07) is 16.3. The maximum atomic E-state index is 3.87. The van der Waals surface area contributed by atoms with Gasteiger partial charge in [0.25, 0.3) is 0 Å². The third-order valence-corrected chi connectivity index (χ3v) is 2.53. The van der Waals surface area contributed by atoms with Crippen molar-refractivity contribution in [2.75, 3.05) is 0 Å². The van der Waals surface area contributed by atoms with Gasteiger partial charge in [-0.1, -0.05) is 49.1 Å². The zero-order valence-electron chi connectivity index (χ0n) is 9.06. The van der Waals surface area contributed by atoms with Crippen LogP contribution in [0.2, 0.25) is 0 Å². The Balaban J connectivity index is 2.34. The zero-order valence-corrected chi connectivity index (χ0v) is 9.06. The van der Waals surface area contributed by atoms with Gasteiger partial charge in [-0.2, -0.15) is 0 Å². The van der Waals surface area contributed by atoms with Crippen LogP contribution in [0.25, 0.3) is 17.2 Å². The predicted molar refractivity (Wildman–Crippen MR) is 71.2 cm³/mol. The second kappa shape index (κ2) is 4.58. The van der Waals surface area contributed by atoms with Crippen molar-refractivity contribution in [3.05, 3.63) is 60.7 Å². The van der Waals surface area contributed by atoms with Gasteiger partial charge < -0.3 is 0 Å². The van der Waals surface area contributed by atoms with Crippen molar-refractivity contribution in [3.63, 3.8) is 0 Å². The Morgan fingerprint density at radius 2 is 1.31 bits per heavy atom. The molecule has 78 valence electrons. The van der Waals surface area contributed by atoms with E-state index in [-0.39, 0.29) is 0 Å². The highest BCUT2D eigenvalue weighted by molar-refractivity contribution is 5.67. The van der Waals surface area contributed by atoms with Crippen LogP contribution < -0.4 is 0 Å². The van der Waals surface area contributed by atoms with E-state index in [0.29, 0.717) is 0 Å². The molecule has 16 heavy (non-hydrogen) atoms. The molecule has 0 N–H and O–H groups in total. The first-order chi connectivity index (χ1) is 7.83. The van der Waals surface area contributed by atoms with Crippen LogP contribution in [0, 0.1) is 0 Å². The van der Waals surface area contributed by atoms with Crippen molar-refractivity contribution < 1.29 is 0 Å². The van der Waals surface area contributed by atoms with Gasteiger partial charge in [0, 0.05) is 0 Å². The van der Waals surface area contributed by atoms with Crippen molar-refractivity contribution >= 4 is 18.5 Å². The minimum atomic E-state index is 0.895. The largest absolute Gasteiger partial charge is 0.265 e. The number of aliphatic imine (C=N–C) groups is 1. The van der Waals surface area contributed by atoms with E-state index >= 15 is 0 Å². The summed E-state index contributed by atoms with van der Waals surface area (Å²) in [4.78, 5) is 3.87. The Bertz CT molecular complexity index is 442. The van der Waals surface area contributed by atoms with Gasteiger partial charge in [-0.25, -0.2) is 0 Å². The topological polar surface area (TPSA) is 12.4 Å². The number of hydrogen-bond acceptors (Lipinski definition) is 1. The maximum Gasteiger partial charge on any atom is 0.0622 e. The smallest absolute Gasteiger partial charge is 0.0622 e. The number of benzene rings is 2. The van der Waals surface area contributed by atoms with Crippen molar-refractivity contribution in [2.45, 2.75) is 0 Å². The van der Waals surface area contributed by atoms with Gasteiger partial charge in [0.1, 0.15) is 0 Å². The minimum Gasteiger partial charge on any atom is -0.265 e. The Morgan fingerprint density at radius 1 is 0.812 bits per heavy atom. The van der Waals surface area contributed by atoms with Gasteiger partial charge in [-0.15, -0.1) is 0 Å². The van der Waals surface area contributed by atoms with Gasteiger partial charge in [0.15, 0.2) is 0 Å². The summed E-state index contributed by atoms with van der Waals surface area (Å²) in [7, 11) is 0. The lowest BCUT2D eigenvalue weighted by Gasteiger charge is -2.02. The molecule has 0 saturated carbocycles. The fraction of sp³-hybridized carbons (Fsp3) is 0. The van der Waals surface area contributed by atoms with Gasteiger partial charge in [-0.05, 0) is 35.5 Å². The van der Waals surface area contributed by atoms with Crippen LogP contribution in [0.5, 0.6) is 0 Å². The Labute approximate surface area is 95.8 Å². The molecule has 0 saturated heterocycles. The first-order valence-corrected chi connectivity index (χ1v) is 5.13. The Hall–Kier alpha value is -2.15. The summed E-state index contributed by atoms with van der Waals surface area (Å²) in [6.07, 6.45) is 1.84. The molecule has 0 spiro atoms. The normalized spacial score (nSPS) is 9.75. The molecule has 0 bridgehead atoms. The molecule has 2 aromatic carbocycles. The fourth-order valence-corrected chi connectivity index (χ4v) is 1.57. The van der Waals surface area contributed by atoms with Crippen molar-refractivity contribution in [1.82, 2.24) is 0 Å². The van der Waals surface area contributed by atoms with E-state index in [4.69, 9.17) is 0 Å². The van der Waals surface area contributed by atoms with E-state index in [1.54, 1.807) is 0 Å². The molecule has 0 fully saturated rings. The molecule has 1 nitrogen and oxygen atoms in total. The first kappa shape index (κ1) is 10.4. The van der Waals surface area contributed by atoms with Crippen LogP contribution in [0.3, 0.4) is 0 Å². The summed E-state index contributed by atoms with van der Waals surface area (Å²) in [5, 5.41) is 0. The quantitative estimate of drug-likeness (QED) is 0.664. The lowest BCUT2D eigenvalue weighted by atomic mass is 10.0. The minimum absolute atomic E-state index is 0.895. The van der Waals surface area contributed by atoms with Crippen LogP contribution in [0.1, 0.15) is 5.56 Å². The van der Waals surface area contributed by atoms with Crippen LogP contribution in [0.15, 0.2) is 60.1 Å². The molecule has 0 aliphatic heterocycles. The van der Waals surface area contributed by atoms with Crippen LogP contribution >= 0.6 is 0 Å². The van der Waals surface area contributed by atoms with E-state index in [9.17, 15) is 0 Å². The molecule has 1 heteroatoms. The molecule has 0 aromatic heterocycles. The fourth-order valence-electron chi connectivity index (χ4n) is 1.57. The molecule has 0 atom stereocenters. The van der Waals surface area contributed by atoms with Gasteiger partial charge in [0.2, 0.25) is 0 Å². The van der Waals surface area contributed by atoms with Gasteiger partial charge >= 0.3 is 0 Å². The lowest BCUT2D eigenvalue weighted by molar-refractivity contribution is 1.53. The highest BCUT2D eigenvalue weighted by Crippen LogP contribution is 2.22. The second-order valence-electron chi connectivity index (χ2n) is 3.53. The van der Waals surface area contributed by atoms with Crippen molar-refractivity contribution in [3.8, 4) is 11.1 Å². The Kier molecular flexibility index (Phi) is 2.97. The molecule has 0 aliphatic carbocycles. The highest BCUT2D eigenvalue weighted by atomic mass is 14.7. The molecule has 0 amide bonds. The summed E-state index contributed by atoms with van der Waals surface area (Å²) in [6.45, 7) is 7.23. The van der Waals surface area contributed by atoms with Gasteiger partial charge in [0.05, 0.1) is 5.69 Å². The molecule has 0 unspecified atom stereocenters. The highest BCUT2D eigenvalue weighted by Gasteiger charge is 1.96. The van der Waals surface area contributed by atoms with Gasteiger partial charge in [-0.3, -0.25) is 4.99 Å². The average Bonchev–Trinajstić information content (AvgIpc) is 2.39. The average molecular weight is 207 g/mol. The van der Waals surface area contributed by atoms with Crippen molar-refractivity contribution in [1.29, 1.82) is 0 Å². The summed E-state index contributed by atoms with van der Waals surface area (Å²) >= 11 is 0. The molecule has 2 aromatic rings. The molecule has 0 heterocycles. The van der Waals surface area contributed by atoms with Crippen molar-refractivity contribution in [2.24, 2.45) is 4.99 Å². The lowest BCUT2D eigenvalue weighted by Crippen LogP contribution is -1.77. The molecule has 2 rings (SSSR count). The summed E-state index contributed by atoms with van der Waals surface area (Å²) in [5.41, 5.74) is 4.41. The summed E-state index contributed by atoms with van der Waals surface area (Å²) < 4.78 is 0. The van der Waals surface area contributed by atoms with Crippen LogP contribution in [0.4, 0.5) is 5.69 Å². The number of nitrogens with zero attached hydrogens (tertiary/aromatic N) is 1. The number of rotatable bonds is 3. The predicted octanol–water partition coefficient (Wildman–Crippen LogP) is 4.33. The third-order valence-electron chi connectivity index (χ3n) is 2.53.